The van der Waals surface area contributed by atoms with Crippen LogP contribution in [0.4, 0.5) is 0 Å². The van der Waals surface area contributed by atoms with Crippen LogP contribution >= 0.6 is 0 Å². The van der Waals surface area contributed by atoms with Gasteiger partial charge in [0, 0.05) is 12.5 Å². The van der Waals surface area contributed by atoms with Crippen molar-refractivity contribution in [2.75, 3.05) is 0 Å². The highest BCUT2D eigenvalue weighted by Crippen LogP contribution is 2.14. The molecule has 0 N–H and O–H groups in total. The number of nitriles is 1. The second kappa shape index (κ2) is 4.27. The standard InChI is InChI=1S/C10H10N2O/c1-9(12(13)8-7-11)10-5-3-2-4-6-10/h2-6,8-9H,1H3/b12-8+/t9-/m0/s1. The lowest BCUT2D eigenvalue weighted by atomic mass is 10.1. The van der Waals surface area contributed by atoms with Crippen LogP contribution < -0.4 is 0 Å². The van der Waals surface area contributed by atoms with Crippen LogP contribution in [0.25, 0.3) is 0 Å². The highest BCUT2D eigenvalue weighted by molar-refractivity contribution is 5.70. The summed E-state index contributed by atoms with van der Waals surface area (Å²) in [6, 6.07) is 10.7. The van der Waals surface area contributed by atoms with Gasteiger partial charge in [-0.05, 0) is 0 Å². The number of hydrogen-bond donors (Lipinski definition) is 0. The summed E-state index contributed by atoms with van der Waals surface area (Å²) in [6.45, 7) is 1.76. The minimum absolute atomic E-state index is 0.305. The van der Waals surface area contributed by atoms with Crippen LogP contribution in [0.1, 0.15) is 18.5 Å². The number of benzene rings is 1. The average molecular weight is 174 g/mol. The lowest BCUT2D eigenvalue weighted by Crippen LogP contribution is -2.09. The summed E-state index contributed by atoms with van der Waals surface area (Å²) in [5, 5.41) is 19.5. The molecule has 0 fully saturated rings. The number of hydroxylamine groups is 1. The number of hydrogen-bond acceptors (Lipinski definition) is 2. The highest BCUT2D eigenvalue weighted by atomic mass is 16.5. The molecule has 13 heavy (non-hydrogen) atoms. The minimum atomic E-state index is -0.305. The van der Waals surface area contributed by atoms with Gasteiger partial charge in [-0.15, -0.1) is 0 Å². The predicted octanol–water partition coefficient (Wildman–Crippen LogP) is 1.85. The fraction of sp³-hybridized carbons (Fsp3) is 0.200. The van der Waals surface area contributed by atoms with Gasteiger partial charge >= 0.3 is 0 Å². The maximum Gasteiger partial charge on any atom is 0.253 e. The molecule has 0 aliphatic rings. The molecule has 3 nitrogen and oxygen atoms in total. The zero-order valence-corrected chi connectivity index (χ0v) is 7.34. The second-order valence-corrected chi connectivity index (χ2v) is 2.70. The molecule has 0 spiro atoms. The first-order valence-electron chi connectivity index (χ1n) is 3.99. The molecule has 0 heterocycles. The van der Waals surface area contributed by atoms with Crippen molar-refractivity contribution in [2.45, 2.75) is 13.0 Å². The van der Waals surface area contributed by atoms with Gasteiger partial charge < -0.3 is 5.21 Å². The van der Waals surface area contributed by atoms with Crippen molar-refractivity contribution < 1.29 is 4.74 Å². The van der Waals surface area contributed by atoms with E-state index in [1.165, 1.54) is 0 Å². The third-order valence-corrected chi connectivity index (χ3v) is 1.85. The Labute approximate surface area is 77.1 Å². The van der Waals surface area contributed by atoms with Crippen LogP contribution in [0.5, 0.6) is 0 Å². The maximum atomic E-state index is 11.2. The molecular weight excluding hydrogens is 164 g/mol. The van der Waals surface area contributed by atoms with Gasteiger partial charge in [0.15, 0.2) is 12.1 Å². The Balaban J connectivity index is 2.87. The fourth-order valence-corrected chi connectivity index (χ4v) is 1.05. The minimum Gasteiger partial charge on any atom is -0.623 e. The lowest BCUT2D eigenvalue weighted by Gasteiger charge is -2.10. The number of rotatable bonds is 2. The molecule has 1 atom stereocenters. The van der Waals surface area contributed by atoms with Gasteiger partial charge in [-0.2, -0.15) is 10.0 Å². The Hall–Kier alpha value is -1.82. The molecule has 0 amide bonds. The molecule has 1 aromatic rings. The molecule has 0 radical (unpaired) electrons. The van der Waals surface area contributed by atoms with E-state index in [1.54, 1.807) is 13.0 Å². The summed E-state index contributed by atoms with van der Waals surface area (Å²) in [4.78, 5) is 0. The van der Waals surface area contributed by atoms with Crippen LogP contribution in [-0.2, 0) is 0 Å². The molecule has 1 aromatic carbocycles. The Morgan fingerprint density at radius 3 is 2.62 bits per heavy atom. The van der Waals surface area contributed by atoms with E-state index in [2.05, 4.69) is 0 Å². The van der Waals surface area contributed by atoms with Gasteiger partial charge in [0.25, 0.3) is 6.21 Å². The van der Waals surface area contributed by atoms with Crippen molar-refractivity contribution >= 4 is 6.21 Å². The van der Waals surface area contributed by atoms with Crippen LogP contribution in [0.3, 0.4) is 0 Å². The van der Waals surface area contributed by atoms with E-state index in [1.807, 2.05) is 30.3 Å². The second-order valence-electron chi connectivity index (χ2n) is 2.70. The van der Waals surface area contributed by atoms with E-state index < -0.39 is 0 Å². The molecule has 3 heteroatoms. The SMILES string of the molecule is C[C@@H](c1ccccc1)/[N+]([O-])=C\C#N. The van der Waals surface area contributed by atoms with E-state index in [4.69, 9.17) is 5.26 Å². The van der Waals surface area contributed by atoms with Crippen molar-refractivity contribution in [2.24, 2.45) is 0 Å². The van der Waals surface area contributed by atoms with Gasteiger partial charge in [-0.1, -0.05) is 30.3 Å². The summed E-state index contributed by atoms with van der Waals surface area (Å²) in [6.07, 6.45) is 0.970. The third-order valence-electron chi connectivity index (χ3n) is 1.85. The molecule has 0 aliphatic carbocycles. The summed E-state index contributed by atoms with van der Waals surface area (Å²) in [5.74, 6) is 0. The Bertz CT molecular complexity index is 338. The topological polar surface area (TPSA) is 49.9 Å². The summed E-state index contributed by atoms with van der Waals surface area (Å²) >= 11 is 0. The predicted molar refractivity (Wildman–Crippen MR) is 50.2 cm³/mol. The largest absolute Gasteiger partial charge is 0.623 e. The maximum absolute atomic E-state index is 11.2. The van der Waals surface area contributed by atoms with Gasteiger partial charge in [-0.25, -0.2) is 0 Å². The van der Waals surface area contributed by atoms with E-state index in [9.17, 15) is 5.21 Å². The van der Waals surface area contributed by atoms with Crippen molar-refractivity contribution in [3.63, 3.8) is 0 Å². The molecule has 66 valence electrons. The lowest BCUT2D eigenvalue weighted by molar-refractivity contribution is -0.497. The molecule has 0 unspecified atom stereocenters. The molecule has 0 saturated heterocycles. The van der Waals surface area contributed by atoms with E-state index in [0.29, 0.717) is 4.74 Å². The molecule has 0 aromatic heterocycles. The van der Waals surface area contributed by atoms with Crippen LogP contribution in [0.2, 0.25) is 0 Å². The van der Waals surface area contributed by atoms with Crippen molar-refractivity contribution in [1.29, 1.82) is 5.26 Å². The van der Waals surface area contributed by atoms with E-state index >= 15 is 0 Å². The normalized spacial score (nSPS) is 13.4. The first-order chi connectivity index (χ1) is 6.25. The Morgan fingerprint density at radius 1 is 1.46 bits per heavy atom. The smallest absolute Gasteiger partial charge is 0.253 e. The van der Waals surface area contributed by atoms with Gasteiger partial charge in [0.1, 0.15) is 0 Å². The Morgan fingerprint density at radius 2 is 2.08 bits per heavy atom. The Kier molecular flexibility index (Phi) is 3.04. The zero-order chi connectivity index (χ0) is 9.68. The first-order valence-corrected chi connectivity index (χ1v) is 3.99. The molecular formula is C10H10N2O. The van der Waals surface area contributed by atoms with Crippen LogP contribution in [0.15, 0.2) is 30.3 Å². The van der Waals surface area contributed by atoms with Crippen molar-refractivity contribution in [3.8, 4) is 6.07 Å². The highest BCUT2D eigenvalue weighted by Gasteiger charge is 2.10. The van der Waals surface area contributed by atoms with Gasteiger partial charge in [-0.3, -0.25) is 0 Å². The van der Waals surface area contributed by atoms with E-state index in [0.717, 1.165) is 11.8 Å². The fourth-order valence-electron chi connectivity index (χ4n) is 1.05. The monoisotopic (exact) mass is 174 g/mol. The molecule has 0 aliphatic heterocycles. The van der Waals surface area contributed by atoms with Crippen LogP contribution in [-0.4, -0.2) is 11.0 Å². The quantitative estimate of drug-likeness (QED) is 0.297. The van der Waals surface area contributed by atoms with Crippen LogP contribution in [0, 0.1) is 16.5 Å². The average Bonchev–Trinajstić information content (AvgIpc) is 2.18. The summed E-state index contributed by atoms with van der Waals surface area (Å²) in [7, 11) is 0. The van der Waals surface area contributed by atoms with Crippen molar-refractivity contribution in [3.05, 3.63) is 41.1 Å². The van der Waals surface area contributed by atoms with Gasteiger partial charge in [0.2, 0.25) is 0 Å². The zero-order valence-electron chi connectivity index (χ0n) is 7.34. The van der Waals surface area contributed by atoms with Crippen molar-refractivity contribution in [1.82, 2.24) is 0 Å². The molecule has 0 saturated carbocycles. The summed E-state index contributed by atoms with van der Waals surface area (Å²) in [5.41, 5.74) is 0.906. The molecule has 1 rings (SSSR count). The molecule has 0 bridgehead atoms. The first kappa shape index (κ1) is 9.27. The number of nitrogens with zero attached hydrogens (tertiary/aromatic N) is 2. The van der Waals surface area contributed by atoms with Gasteiger partial charge in [0.05, 0.1) is 0 Å². The summed E-state index contributed by atoms with van der Waals surface area (Å²) < 4.78 is 0.648. The van der Waals surface area contributed by atoms with E-state index in [-0.39, 0.29) is 6.04 Å². The third kappa shape index (κ3) is 2.31.